The van der Waals surface area contributed by atoms with Crippen molar-refractivity contribution in [1.82, 2.24) is 4.90 Å². The van der Waals surface area contributed by atoms with E-state index in [0.717, 1.165) is 26.1 Å². The van der Waals surface area contributed by atoms with Crippen LogP contribution in [-0.4, -0.2) is 29.8 Å². The van der Waals surface area contributed by atoms with E-state index in [2.05, 4.69) is 35.2 Å². The molecule has 2 aromatic rings. The minimum atomic E-state index is -3.06. The highest BCUT2D eigenvalue weighted by Crippen LogP contribution is 2.54. The monoisotopic (exact) mass is 469 g/mol. The van der Waals surface area contributed by atoms with E-state index in [0.29, 0.717) is 54.4 Å². The smallest absolute Gasteiger partial charge is 0.270 e. The zero-order chi connectivity index (χ0) is 23.9. The molecule has 34 heavy (non-hydrogen) atoms. The maximum absolute atomic E-state index is 13.7. The number of carbonyl (C=O) groups is 1. The maximum Gasteiger partial charge on any atom is 0.270 e. The molecule has 3 atom stereocenters. The third kappa shape index (κ3) is 5.10. The van der Waals surface area contributed by atoms with Crippen molar-refractivity contribution in [2.75, 3.05) is 13.1 Å². The normalized spacial score (nSPS) is 29.1. The number of likely N-dealkylation sites (tertiary alicyclic amines) is 1. The van der Waals surface area contributed by atoms with Gasteiger partial charge < -0.3 is 0 Å². The third-order valence-corrected chi connectivity index (χ3v) is 8.43. The van der Waals surface area contributed by atoms with Gasteiger partial charge in [0.2, 0.25) is 0 Å². The number of benzene rings is 2. The lowest BCUT2D eigenvalue weighted by molar-refractivity contribution is -0.121. The average Bonchev–Trinajstić information content (AvgIpc) is 3.32. The Hall–Kier alpha value is -2.14. The molecule has 3 aliphatic rings. The number of halogens is 3. The molecule has 0 aromatic heterocycles. The van der Waals surface area contributed by atoms with Crippen molar-refractivity contribution in [2.45, 2.75) is 69.8 Å². The molecule has 3 fully saturated rings. The fourth-order valence-electron chi connectivity index (χ4n) is 6.52. The lowest BCUT2D eigenvalue weighted by Gasteiger charge is -2.36. The topological polar surface area (TPSA) is 20.3 Å². The number of carbonyl (C=O) groups excluding carboxylic acids is 1. The highest BCUT2D eigenvalue weighted by Gasteiger charge is 2.59. The lowest BCUT2D eigenvalue weighted by atomic mass is 9.81. The van der Waals surface area contributed by atoms with E-state index in [1.807, 2.05) is 0 Å². The number of fused-ring (bicyclic) bond motifs is 1. The van der Waals surface area contributed by atoms with Crippen molar-refractivity contribution in [2.24, 2.45) is 17.8 Å². The molecule has 182 valence electrons. The summed E-state index contributed by atoms with van der Waals surface area (Å²) < 4.78 is 40.8. The third-order valence-electron chi connectivity index (χ3n) is 8.43. The first-order valence-electron chi connectivity index (χ1n) is 12.8. The highest BCUT2D eigenvalue weighted by molar-refractivity contribution is 5.84. The summed E-state index contributed by atoms with van der Waals surface area (Å²) in [6, 6.07) is 15.0. The fraction of sp³-hybridized carbons (Fsp3) is 0.552. The van der Waals surface area contributed by atoms with E-state index in [4.69, 9.17) is 0 Å². The van der Waals surface area contributed by atoms with E-state index in [-0.39, 0.29) is 11.5 Å². The molecule has 1 unspecified atom stereocenters. The number of alkyl halides is 2. The van der Waals surface area contributed by atoms with E-state index in [1.165, 1.54) is 43.4 Å². The van der Waals surface area contributed by atoms with Crippen molar-refractivity contribution >= 4 is 5.78 Å². The van der Waals surface area contributed by atoms with Crippen LogP contribution in [0.1, 0.15) is 68.1 Å². The molecule has 2 aromatic carbocycles. The van der Waals surface area contributed by atoms with Crippen LogP contribution < -0.4 is 0 Å². The molecule has 0 N–H and O–H groups in total. The van der Waals surface area contributed by atoms with Crippen LogP contribution in [0.15, 0.2) is 48.5 Å². The standard InChI is InChI=1S/C29H34F3NO/c1-29(31,32)22-14-19(15-23(30)16-22)6-5-9-27(34)28-25-17-33(18-26(25)28)24-12-10-21(11-13-24)20-7-3-2-4-8-20/h2-4,7-8,14-16,21,24-26,28H,5-6,9-13,17-18H2,1H3/t21?,24?,25-,26+,28?. The largest absolute Gasteiger partial charge is 0.300 e. The summed E-state index contributed by atoms with van der Waals surface area (Å²) in [4.78, 5) is 15.4. The van der Waals surface area contributed by atoms with Crippen LogP contribution >= 0.6 is 0 Å². The molecule has 2 nitrogen and oxygen atoms in total. The van der Waals surface area contributed by atoms with Gasteiger partial charge in [0.25, 0.3) is 5.92 Å². The molecule has 5 heteroatoms. The van der Waals surface area contributed by atoms with Gasteiger partial charge in [-0.05, 0) is 85.6 Å². The predicted molar refractivity (Wildman–Crippen MR) is 127 cm³/mol. The SMILES string of the molecule is CC(F)(F)c1cc(F)cc(CCCC(=O)C2[C@H]3CN(C4CCC(c5ccccc5)CC4)C[C@@H]23)c1. The first-order chi connectivity index (χ1) is 16.3. The Morgan fingerprint density at radius 1 is 1.00 bits per heavy atom. The number of ketones is 1. The van der Waals surface area contributed by atoms with Crippen molar-refractivity contribution < 1.29 is 18.0 Å². The second-order valence-electron chi connectivity index (χ2n) is 10.8. The Labute approximate surface area is 200 Å². The number of rotatable bonds is 8. The van der Waals surface area contributed by atoms with Crippen LogP contribution in [0.3, 0.4) is 0 Å². The summed E-state index contributed by atoms with van der Waals surface area (Å²) in [5.74, 6) is -1.54. The molecule has 1 saturated heterocycles. The van der Waals surface area contributed by atoms with Gasteiger partial charge in [-0.2, -0.15) is 0 Å². The van der Waals surface area contributed by atoms with Crippen LogP contribution in [0.4, 0.5) is 13.2 Å². The molecule has 0 radical (unpaired) electrons. The van der Waals surface area contributed by atoms with Crippen molar-refractivity contribution in [1.29, 1.82) is 0 Å². The van der Waals surface area contributed by atoms with E-state index in [9.17, 15) is 18.0 Å². The van der Waals surface area contributed by atoms with Gasteiger partial charge in [-0.1, -0.05) is 30.3 Å². The zero-order valence-electron chi connectivity index (χ0n) is 19.9. The fourth-order valence-corrected chi connectivity index (χ4v) is 6.52. The van der Waals surface area contributed by atoms with Gasteiger partial charge in [0.1, 0.15) is 11.6 Å². The van der Waals surface area contributed by atoms with Crippen LogP contribution in [0.5, 0.6) is 0 Å². The molecule has 2 saturated carbocycles. The number of hydrogen-bond acceptors (Lipinski definition) is 2. The number of nitrogens with zero attached hydrogens (tertiary/aromatic N) is 1. The van der Waals surface area contributed by atoms with Gasteiger partial charge in [0, 0.05) is 44.0 Å². The summed E-state index contributed by atoms with van der Waals surface area (Å²) in [6.45, 7) is 2.86. The second kappa shape index (κ2) is 9.49. The van der Waals surface area contributed by atoms with Gasteiger partial charge in [0.15, 0.2) is 0 Å². The lowest BCUT2D eigenvalue weighted by Crippen LogP contribution is -2.38. The molecular weight excluding hydrogens is 435 g/mol. The van der Waals surface area contributed by atoms with Crippen LogP contribution in [0.2, 0.25) is 0 Å². The van der Waals surface area contributed by atoms with E-state index < -0.39 is 11.7 Å². The van der Waals surface area contributed by atoms with Crippen molar-refractivity contribution in [3.8, 4) is 0 Å². The van der Waals surface area contributed by atoms with E-state index in [1.54, 1.807) is 0 Å². The molecular formula is C29H34F3NO. The molecule has 5 rings (SSSR count). The predicted octanol–water partition coefficient (Wildman–Crippen LogP) is 6.73. The van der Waals surface area contributed by atoms with E-state index >= 15 is 0 Å². The van der Waals surface area contributed by atoms with Crippen LogP contribution in [0, 0.1) is 23.6 Å². The molecule has 0 spiro atoms. The minimum absolute atomic E-state index is 0.181. The quantitative estimate of drug-likeness (QED) is 0.427. The molecule has 0 amide bonds. The molecule has 0 bridgehead atoms. The van der Waals surface area contributed by atoms with Gasteiger partial charge in [0.05, 0.1) is 0 Å². The number of aryl methyl sites for hydroxylation is 1. The Kier molecular flexibility index (Phi) is 6.58. The highest BCUT2D eigenvalue weighted by atomic mass is 19.3. The molecule has 1 aliphatic heterocycles. The number of piperidine rings is 1. The second-order valence-corrected chi connectivity index (χ2v) is 10.8. The first-order valence-corrected chi connectivity index (χ1v) is 12.8. The minimum Gasteiger partial charge on any atom is -0.300 e. The summed E-state index contributed by atoms with van der Waals surface area (Å²) in [7, 11) is 0. The Morgan fingerprint density at radius 2 is 1.68 bits per heavy atom. The average molecular weight is 470 g/mol. The van der Waals surface area contributed by atoms with Gasteiger partial charge in [-0.15, -0.1) is 0 Å². The Morgan fingerprint density at radius 3 is 2.32 bits per heavy atom. The number of Topliss-reactive ketones (excluding diaryl/α,β-unsaturated/α-hetero) is 1. The Balaban J connectivity index is 1.05. The van der Waals surface area contributed by atoms with Gasteiger partial charge in [-0.25, -0.2) is 13.2 Å². The zero-order valence-corrected chi connectivity index (χ0v) is 19.9. The molecule has 1 heterocycles. The summed E-state index contributed by atoms with van der Waals surface area (Å²) in [5.41, 5.74) is 1.70. The summed E-state index contributed by atoms with van der Waals surface area (Å²) >= 11 is 0. The summed E-state index contributed by atoms with van der Waals surface area (Å²) in [5, 5.41) is 0. The van der Waals surface area contributed by atoms with Crippen molar-refractivity contribution in [3.05, 3.63) is 71.0 Å². The molecule has 2 aliphatic carbocycles. The summed E-state index contributed by atoms with van der Waals surface area (Å²) in [6.07, 6.45) is 6.46. The van der Waals surface area contributed by atoms with Gasteiger partial charge >= 0.3 is 0 Å². The first kappa shape index (κ1) is 23.6. The van der Waals surface area contributed by atoms with Crippen LogP contribution in [0.25, 0.3) is 0 Å². The Bertz CT molecular complexity index is 998. The number of hydrogen-bond donors (Lipinski definition) is 0. The van der Waals surface area contributed by atoms with Gasteiger partial charge in [-0.3, -0.25) is 9.69 Å². The maximum atomic E-state index is 13.7. The van der Waals surface area contributed by atoms with Crippen molar-refractivity contribution in [3.63, 3.8) is 0 Å². The van der Waals surface area contributed by atoms with Crippen LogP contribution in [-0.2, 0) is 17.1 Å².